The smallest absolute Gasteiger partial charge is 0.160 e. The van der Waals surface area contributed by atoms with Crippen LogP contribution in [0.3, 0.4) is 0 Å². The summed E-state index contributed by atoms with van der Waals surface area (Å²) >= 11 is 0. The molecule has 43 heavy (non-hydrogen) atoms. The van der Waals surface area contributed by atoms with Crippen LogP contribution in [-0.2, 0) is 0 Å². The van der Waals surface area contributed by atoms with Gasteiger partial charge in [0.2, 0.25) is 0 Å². The Morgan fingerprint density at radius 1 is 0.372 bits per heavy atom. The minimum Gasteiger partial charge on any atom is -0.456 e. The SMILES string of the molecule is c1ccc(-c2nc(-c3ccc4oc5ccc6c(-c7ccccc7)nc7ccccc7c6c5c4c3)c3ccccc3n2)cc1. The normalized spacial score (nSPS) is 11.7. The highest BCUT2D eigenvalue weighted by Crippen LogP contribution is 2.42. The van der Waals surface area contributed by atoms with Crippen molar-refractivity contribution in [2.24, 2.45) is 0 Å². The van der Waals surface area contributed by atoms with E-state index in [0.29, 0.717) is 5.82 Å². The molecule has 4 heteroatoms. The van der Waals surface area contributed by atoms with E-state index in [1.807, 2.05) is 42.5 Å². The van der Waals surface area contributed by atoms with Gasteiger partial charge >= 0.3 is 0 Å². The number of fused-ring (bicyclic) bond motifs is 8. The van der Waals surface area contributed by atoms with E-state index in [-0.39, 0.29) is 0 Å². The van der Waals surface area contributed by atoms with Crippen molar-refractivity contribution in [2.75, 3.05) is 0 Å². The number of hydrogen-bond acceptors (Lipinski definition) is 4. The number of pyridine rings is 1. The van der Waals surface area contributed by atoms with Gasteiger partial charge in [-0.3, -0.25) is 0 Å². The lowest BCUT2D eigenvalue weighted by molar-refractivity contribution is 0.669. The van der Waals surface area contributed by atoms with Gasteiger partial charge in [0.25, 0.3) is 0 Å². The van der Waals surface area contributed by atoms with Crippen molar-refractivity contribution in [1.82, 2.24) is 15.0 Å². The van der Waals surface area contributed by atoms with Gasteiger partial charge in [0.05, 0.1) is 22.4 Å². The Bertz CT molecular complexity index is 2500. The Hall–Kier alpha value is -5.87. The van der Waals surface area contributed by atoms with Crippen LogP contribution in [0.2, 0.25) is 0 Å². The molecular formula is C39H23N3O. The molecule has 0 amide bonds. The number of hydrogen-bond donors (Lipinski definition) is 0. The molecule has 0 unspecified atom stereocenters. The van der Waals surface area contributed by atoms with E-state index < -0.39 is 0 Å². The van der Waals surface area contributed by atoms with E-state index in [2.05, 4.69) is 97.1 Å². The Kier molecular flexibility index (Phi) is 5.16. The second-order valence-corrected chi connectivity index (χ2v) is 10.8. The van der Waals surface area contributed by atoms with Crippen molar-refractivity contribution in [1.29, 1.82) is 0 Å². The first-order valence-electron chi connectivity index (χ1n) is 14.4. The summed E-state index contributed by atoms with van der Waals surface area (Å²) in [6, 6.07) is 47.8. The van der Waals surface area contributed by atoms with Crippen LogP contribution >= 0.6 is 0 Å². The zero-order valence-corrected chi connectivity index (χ0v) is 23.0. The number of para-hydroxylation sites is 2. The van der Waals surface area contributed by atoms with Gasteiger partial charge in [0.15, 0.2) is 5.82 Å². The van der Waals surface area contributed by atoms with Gasteiger partial charge in [-0.25, -0.2) is 15.0 Å². The molecule has 3 aromatic heterocycles. The summed E-state index contributed by atoms with van der Waals surface area (Å²) in [6.07, 6.45) is 0. The lowest BCUT2D eigenvalue weighted by Gasteiger charge is -2.11. The molecule has 9 aromatic rings. The molecule has 0 aliphatic carbocycles. The van der Waals surface area contributed by atoms with Crippen LogP contribution in [0.4, 0.5) is 0 Å². The van der Waals surface area contributed by atoms with E-state index in [4.69, 9.17) is 19.4 Å². The molecule has 0 bridgehead atoms. The van der Waals surface area contributed by atoms with Gasteiger partial charge in [-0.2, -0.15) is 0 Å². The maximum Gasteiger partial charge on any atom is 0.160 e. The zero-order chi connectivity index (χ0) is 28.3. The second kappa shape index (κ2) is 9.33. The average Bonchev–Trinajstić information content (AvgIpc) is 3.46. The summed E-state index contributed by atoms with van der Waals surface area (Å²) in [5.74, 6) is 0.710. The Morgan fingerprint density at radius 2 is 1.00 bits per heavy atom. The maximum atomic E-state index is 6.47. The number of aromatic nitrogens is 3. The van der Waals surface area contributed by atoms with Crippen LogP contribution in [0.5, 0.6) is 0 Å². The predicted octanol–water partition coefficient (Wildman–Crippen LogP) is 10.2. The van der Waals surface area contributed by atoms with Gasteiger partial charge < -0.3 is 4.42 Å². The van der Waals surface area contributed by atoms with E-state index in [1.165, 1.54) is 0 Å². The van der Waals surface area contributed by atoms with Crippen LogP contribution in [0.25, 0.3) is 88.4 Å². The minimum absolute atomic E-state index is 0.710. The van der Waals surface area contributed by atoms with Crippen LogP contribution < -0.4 is 0 Å². The predicted molar refractivity (Wildman–Crippen MR) is 176 cm³/mol. The maximum absolute atomic E-state index is 6.47. The molecule has 0 saturated carbocycles. The van der Waals surface area contributed by atoms with E-state index >= 15 is 0 Å². The van der Waals surface area contributed by atoms with E-state index in [1.54, 1.807) is 0 Å². The minimum atomic E-state index is 0.710. The van der Waals surface area contributed by atoms with Crippen LogP contribution in [0.1, 0.15) is 0 Å². The van der Waals surface area contributed by atoms with Crippen molar-refractivity contribution in [3.8, 4) is 33.9 Å². The molecule has 0 aliphatic heterocycles. The lowest BCUT2D eigenvalue weighted by Crippen LogP contribution is -1.95. The first-order chi connectivity index (χ1) is 21.3. The molecule has 200 valence electrons. The molecule has 0 aliphatic rings. The molecule has 0 saturated heterocycles. The summed E-state index contributed by atoms with van der Waals surface area (Å²) < 4.78 is 6.47. The fourth-order valence-electron chi connectivity index (χ4n) is 6.29. The van der Waals surface area contributed by atoms with Crippen molar-refractivity contribution in [3.05, 3.63) is 140 Å². The highest BCUT2D eigenvalue weighted by molar-refractivity contribution is 6.28. The van der Waals surface area contributed by atoms with Crippen LogP contribution in [-0.4, -0.2) is 15.0 Å². The first-order valence-corrected chi connectivity index (χ1v) is 14.4. The number of rotatable bonds is 3. The summed E-state index contributed by atoms with van der Waals surface area (Å²) in [6.45, 7) is 0. The monoisotopic (exact) mass is 549 g/mol. The van der Waals surface area contributed by atoms with Gasteiger partial charge in [-0.05, 0) is 42.5 Å². The summed E-state index contributed by atoms with van der Waals surface area (Å²) in [7, 11) is 0. The molecule has 0 atom stereocenters. The van der Waals surface area contributed by atoms with Gasteiger partial charge in [-0.1, -0.05) is 97.1 Å². The number of furan rings is 1. The van der Waals surface area contributed by atoms with Crippen molar-refractivity contribution in [2.45, 2.75) is 0 Å². The summed E-state index contributed by atoms with van der Waals surface area (Å²) in [5.41, 5.74) is 8.54. The summed E-state index contributed by atoms with van der Waals surface area (Å²) in [4.78, 5) is 15.2. The molecular weight excluding hydrogens is 526 g/mol. The lowest BCUT2D eigenvalue weighted by atomic mass is 9.95. The standard InChI is InChI=1S/C39H23N3O/c1-3-11-24(12-4-1)37-29-20-22-34-36(35(29)27-15-7-9-17-31(27)40-37)30-23-26(19-21-33(30)43-34)38-28-16-8-10-18-32(28)41-39(42-38)25-13-5-2-6-14-25/h1-23H. The Balaban J connectivity index is 1.38. The molecule has 6 aromatic carbocycles. The largest absolute Gasteiger partial charge is 0.456 e. The second-order valence-electron chi connectivity index (χ2n) is 10.8. The zero-order valence-electron chi connectivity index (χ0n) is 23.0. The molecule has 0 radical (unpaired) electrons. The third-order valence-corrected chi connectivity index (χ3v) is 8.25. The Labute approximate surface area is 246 Å². The molecule has 0 N–H and O–H groups in total. The molecule has 0 spiro atoms. The first kappa shape index (κ1) is 23.8. The van der Waals surface area contributed by atoms with Gasteiger partial charge in [-0.15, -0.1) is 0 Å². The van der Waals surface area contributed by atoms with Gasteiger partial charge in [0.1, 0.15) is 11.2 Å². The Morgan fingerprint density at radius 3 is 1.79 bits per heavy atom. The van der Waals surface area contributed by atoms with E-state index in [0.717, 1.165) is 82.6 Å². The van der Waals surface area contributed by atoms with Gasteiger partial charge in [0, 0.05) is 49.0 Å². The quantitative estimate of drug-likeness (QED) is 0.206. The number of nitrogens with zero attached hydrogens (tertiary/aromatic N) is 3. The molecule has 3 heterocycles. The highest BCUT2D eigenvalue weighted by atomic mass is 16.3. The van der Waals surface area contributed by atoms with Crippen LogP contribution in [0.15, 0.2) is 144 Å². The van der Waals surface area contributed by atoms with Crippen molar-refractivity contribution >= 4 is 54.5 Å². The third kappa shape index (κ3) is 3.74. The molecule has 4 nitrogen and oxygen atoms in total. The third-order valence-electron chi connectivity index (χ3n) is 8.25. The van der Waals surface area contributed by atoms with E-state index in [9.17, 15) is 0 Å². The average molecular weight is 550 g/mol. The topological polar surface area (TPSA) is 51.8 Å². The van der Waals surface area contributed by atoms with Crippen molar-refractivity contribution in [3.63, 3.8) is 0 Å². The fraction of sp³-hybridized carbons (Fsp3) is 0. The number of benzene rings is 6. The molecule has 9 rings (SSSR count). The molecule has 0 fully saturated rings. The summed E-state index contributed by atoms with van der Waals surface area (Å²) in [5, 5.41) is 6.51. The van der Waals surface area contributed by atoms with Crippen LogP contribution in [0, 0.1) is 0 Å². The van der Waals surface area contributed by atoms with Crippen molar-refractivity contribution < 1.29 is 4.42 Å². The highest BCUT2D eigenvalue weighted by Gasteiger charge is 2.19. The fourth-order valence-corrected chi connectivity index (χ4v) is 6.29.